The molecule has 0 radical (unpaired) electrons. The molecule has 0 aliphatic rings. The van der Waals surface area contributed by atoms with Crippen molar-refractivity contribution in [3.8, 4) is 6.07 Å². The summed E-state index contributed by atoms with van der Waals surface area (Å²) in [4.78, 5) is 25.3. The van der Waals surface area contributed by atoms with Crippen molar-refractivity contribution < 1.29 is 14.5 Å². The van der Waals surface area contributed by atoms with Gasteiger partial charge in [0, 0.05) is 11.4 Å². The van der Waals surface area contributed by atoms with Gasteiger partial charge in [0.2, 0.25) is 0 Å². The molecule has 2 rings (SSSR count). The minimum atomic E-state index is -0.242. The predicted octanol–water partition coefficient (Wildman–Crippen LogP) is 2.23. The van der Waals surface area contributed by atoms with Crippen LogP contribution in [-0.2, 0) is 9.59 Å². The molecule has 0 heterocycles. The van der Waals surface area contributed by atoms with Crippen molar-refractivity contribution in [2.75, 3.05) is 30.8 Å². The summed E-state index contributed by atoms with van der Waals surface area (Å²) < 4.78 is 0. The number of nitriles is 1. The molecule has 1 unspecified atom stereocenters. The second-order valence-corrected chi connectivity index (χ2v) is 7.39. The van der Waals surface area contributed by atoms with Crippen LogP contribution in [0.15, 0.2) is 30.3 Å². The number of nitrogens with one attached hydrogen (secondary N) is 3. The van der Waals surface area contributed by atoms with Gasteiger partial charge in [-0.1, -0.05) is 29.3 Å². The summed E-state index contributed by atoms with van der Waals surface area (Å²) in [5, 5.41) is 14.8. The smallest absolute Gasteiger partial charge is 0.279 e. The molecule has 2 amide bonds. The van der Waals surface area contributed by atoms with Gasteiger partial charge < -0.3 is 15.5 Å². The number of hydrogen-bond acceptors (Lipinski definition) is 3. The van der Waals surface area contributed by atoms with Crippen molar-refractivity contribution in [2.45, 2.75) is 20.8 Å². The van der Waals surface area contributed by atoms with E-state index in [1.54, 1.807) is 19.2 Å². The van der Waals surface area contributed by atoms with Crippen LogP contribution in [0.4, 0.5) is 11.4 Å². The molecule has 146 valence electrons. The van der Waals surface area contributed by atoms with Crippen molar-refractivity contribution in [3.63, 3.8) is 0 Å². The van der Waals surface area contributed by atoms with Crippen LogP contribution in [-0.4, -0.2) is 32.0 Å². The van der Waals surface area contributed by atoms with Crippen molar-refractivity contribution in [1.82, 2.24) is 0 Å². The second-order valence-electron chi connectivity index (χ2n) is 6.99. The number of quaternary nitrogens is 1. The first-order valence-corrected chi connectivity index (χ1v) is 9.26. The fourth-order valence-corrected chi connectivity index (χ4v) is 3.28. The molecule has 3 N–H and O–H groups in total. The number of benzene rings is 2. The molecule has 0 aliphatic heterocycles. The summed E-state index contributed by atoms with van der Waals surface area (Å²) >= 11 is 5.97. The van der Waals surface area contributed by atoms with E-state index in [0.717, 1.165) is 27.3 Å². The maximum Gasteiger partial charge on any atom is 0.279 e. The van der Waals surface area contributed by atoms with Crippen LogP contribution in [0.5, 0.6) is 0 Å². The van der Waals surface area contributed by atoms with E-state index in [9.17, 15) is 9.59 Å². The van der Waals surface area contributed by atoms with Crippen LogP contribution in [0.2, 0.25) is 5.02 Å². The van der Waals surface area contributed by atoms with E-state index in [1.165, 1.54) is 6.07 Å². The average molecular weight is 400 g/mol. The number of carbonyl (C=O) groups excluding carboxylic acids is 2. The molecule has 6 nitrogen and oxygen atoms in total. The van der Waals surface area contributed by atoms with Gasteiger partial charge in [-0.05, 0) is 50.1 Å². The monoisotopic (exact) mass is 399 g/mol. The number of hydrogen-bond donors (Lipinski definition) is 3. The van der Waals surface area contributed by atoms with Gasteiger partial charge >= 0.3 is 0 Å². The summed E-state index contributed by atoms with van der Waals surface area (Å²) in [6.07, 6.45) is 0. The Balaban J connectivity index is 1.90. The van der Waals surface area contributed by atoms with Gasteiger partial charge in [-0.3, -0.25) is 9.59 Å². The van der Waals surface area contributed by atoms with Crippen molar-refractivity contribution in [2.24, 2.45) is 0 Å². The Hall–Kier alpha value is -2.88. The highest BCUT2D eigenvalue weighted by Gasteiger charge is 2.16. The number of anilines is 2. The van der Waals surface area contributed by atoms with Gasteiger partial charge in [-0.25, -0.2) is 0 Å². The summed E-state index contributed by atoms with van der Waals surface area (Å²) in [5.41, 5.74) is 4.85. The first kappa shape index (κ1) is 21.4. The van der Waals surface area contributed by atoms with E-state index in [4.69, 9.17) is 16.9 Å². The van der Waals surface area contributed by atoms with E-state index in [1.807, 2.05) is 39.0 Å². The quantitative estimate of drug-likeness (QED) is 0.696. The van der Waals surface area contributed by atoms with Crippen LogP contribution < -0.4 is 15.5 Å². The highest BCUT2D eigenvalue weighted by molar-refractivity contribution is 6.32. The van der Waals surface area contributed by atoms with Crippen LogP contribution in [0.1, 0.15) is 22.3 Å². The fourth-order valence-electron chi connectivity index (χ4n) is 3.06. The summed E-state index contributed by atoms with van der Waals surface area (Å²) in [7, 11) is 1.78. The van der Waals surface area contributed by atoms with Gasteiger partial charge in [0.1, 0.15) is 6.07 Å². The molecule has 2 aromatic carbocycles. The Bertz CT molecular complexity index is 927. The van der Waals surface area contributed by atoms with Gasteiger partial charge in [0.25, 0.3) is 11.8 Å². The van der Waals surface area contributed by atoms with Crippen LogP contribution in [0.25, 0.3) is 0 Å². The number of halogens is 1. The van der Waals surface area contributed by atoms with E-state index < -0.39 is 0 Å². The molecule has 0 saturated carbocycles. The molecule has 0 aromatic heterocycles. The Kier molecular flexibility index (Phi) is 7.16. The normalized spacial score (nSPS) is 11.4. The fraction of sp³-hybridized carbons (Fsp3) is 0.286. The third-order valence-corrected chi connectivity index (χ3v) is 4.55. The highest BCUT2D eigenvalue weighted by Crippen LogP contribution is 2.22. The number of amides is 2. The number of carbonyl (C=O) groups is 2. The largest absolute Gasteiger partial charge is 0.322 e. The number of nitrogens with zero attached hydrogens (tertiary/aromatic N) is 1. The van der Waals surface area contributed by atoms with Crippen LogP contribution in [0, 0.1) is 32.1 Å². The Morgan fingerprint density at radius 3 is 2.14 bits per heavy atom. The van der Waals surface area contributed by atoms with Gasteiger partial charge in [-0.15, -0.1) is 0 Å². The molecule has 7 heteroatoms. The van der Waals surface area contributed by atoms with E-state index in [-0.39, 0.29) is 29.9 Å². The summed E-state index contributed by atoms with van der Waals surface area (Å²) in [5.74, 6) is -0.393. The minimum Gasteiger partial charge on any atom is -0.322 e. The maximum absolute atomic E-state index is 12.4. The van der Waals surface area contributed by atoms with E-state index in [2.05, 4.69) is 10.6 Å². The first-order valence-electron chi connectivity index (χ1n) is 8.88. The van der Waals surface area contributed by atoms with Crippen LogP contribution >= 0.6 is 11.6 Å². The van der Waals surface area contributed by atoms with Gasteiger partial charge in [-0.2, -0.15) is 5.26 Å². The Morgan fingerprint density at radius 1 is 1.04 bits per heavy atom. The first-order chi connectivity index (χ1) is 13.2. The molecule has 0 fully saturated rings. The third-order valence-electron chi connectivity index (χ3n) is 4.24. The van der Waals surface area contributed by atoms with Gasteiger partial charge in [0.05, 0.1) is 17.6 Å². The Morgan fingerprint density at radius 2 is 1.61 bits per heavy atom. The molecule has 0 aliphatic carbocycles. The zero-order valence-corrected chi connectivity index (χ0v) is 17.2. The molecule has 0 bridgehead atoms. The lowest BCUT2D eigenvalue weighted by atomic mass is 10.1. The van der Waals surface area contributed by atoms with Gasteiger partial charge in [0.15, 0.2) is 13.1 Å². The second kappa shape index (κ2) is 9.36. The zero-order valence-electron chi connectivity index (χ0n) is 16.4. The average Bonchev–Trinajstić information content (AvgIpc) is 2.58. The van der Waals surface area contributed by atoms with Crippen LogP contribution in [0.3, 0.4) is 0 Å². The molecule has 0 spiro atoms. The van der Waals surface area contributed by atoms with Crippen molar-refractivity contribution in [1.29, 1.82) is 5.26 Å². The third kappa shape index (κ3) is 5.81. The summed E-state index contributed by atoms with van der Waals surface area (Å²) in [6, 6.07) is 10.7. The predicted molar refractivity (Wildman–Crippen MR) is 111 cm³/mol. The zero-order chi connectivity index (χ0) is 20.8. The highest BCUT2D eigenvalue weighted by atomic mass is 35.5. The molecule has 1 atom stereocenters. The molecule has 28 heavy (non-hydrogen) atoms. The standard InChI is InChI=1S/C21H23ClN4O2/c1-13-7-14(2)21(15(3)8-13)25-20(28)12-26(4)11-19(27)24-17-6-5-16(10-23)18(22)9-17/h5-9H,11-12H2,1-4H3,(H,24,27)(H,25,28)/p+1. The number of likely N-dealkylation sites (N-methyl/N-ethyl adjacent to an activating group) is 1. The Labute approximate surface area is 170 Å². The maximum atomic E-state index is 12.4. The lowest BCUT2D eigenvalue weighted by Crippen LogP contribution is -3.11. The molecular weight excluding hydrogens is 376 g/mol. The lowest BCUT2D eigenvalue weighted by Gasteiger charge is -2.16. The molecule has 0 saturated heterocycles. The van der Waals surface area contributed by atoms with Crippen molar-refractivity contribution in [3.05, 3.63) is 57.6 Å². The minimum absolute atomic E-state index is 0.122. The van der Waals surface area contributed by atoms with E-state index in [0.29, 0.717) is 11.3 Å². The van der Waals surface area contributed by atoms with Crippen molar-refractivity contribution >= 4 is 34.8 Å². The topological polar surface area (TPSA) is 86.4 Å². The number of rotatable bonds is 6. The lowest BCUT2D eigenvalue weighted by molar-refractivity contribution is -0.862. The van der Waals surface area contributed by atoms with E-state index >= 15 is 0 Å². The molecule has 2 aromatic rings. The molecular formula is C21H24ClN4O2+. The summed E-state index contributed by atoms with van der Waals surface area (Å²) in [6.45, 7) is 6.22. The SMILES string of the molecule is Cc1cc(C)c(NC(=O)C[NH+](C)CC(=O)Nc2ccc(C#N)c(Cl)c2)c(C)c1. The number of aryl methyl sites for hydroxylation is 3.